The first kappa shape index (κ1) is 10.2. The number of rotatable bonds is 2. The van der Waals surface area contributed by atoms with Gasteiger partial charge >= 0.3 is 0 Å². The fourth-order valence-electron chi connectivity index (χ4n) is 1.54. The normalized spacial score (nSPS) is 9.81. The first-order chi connectivity index (χ1) is 7.76. The average Bonchev–Trinajstić information content (AvgIpc) is 2.70. The first-order valence-corrected chi connectivity index (χ1v) is 4.86. The smallest absolute Gasteiger partial charge is 0.161 e. The Labute approximate surface area is 93.5 Å². The summed E-state index contributed by atoms with van der Waals surface area (Å²) in [6.07, 6.45) is 0. The number of aromatic amines is 1. The molecule has 4 nitrogen and oxygen atoms in total. The number of aryl methyl sites for hydroxylation is 1. The van der Waals surface area contributed by atoms with E-state index >= 15 is 0 Å². The van der Waals surface area contributed by atoms with Crippen molar-refractivity contribution in [2.45, 2.75) is 6.92 Å². The number of imidazole rings is 1. The summed E-state index contributed by atoms with van der Waals surface area (Å²) in [6.45, 7) is 1.82. The Hall–Kier alpha value is -2.28. The summed E-state index contributed by atoms with van der Waals surface area (Å²) in [4.78, 5) is 7.28. The second-order valence-corrected chi connectivity index (χ2v) is 3.37. The highest BCUT2D eigenvalue weighted by molar-refractivity contribution is 5.65. The molecule has 0 aliphatic heterocycles. The molecule has 1 N–H and O–H groups in total. The molecule has 1 aromatic carbocycles. The minimum atomic E-state index is 0.418. The van der Waals surface area contributed by atoms with Gasteiger partial charge in [0.05, 0.1) is 18.4 Å². The third-order valence-electron chi connectivity index (χ3n) is 2.35. The van der Waals surface area contributed by atoms with Gasteiger partial charge in [0.25, 0.3) is 0 Å². The van der Waals surface area contributed by atoms with Crippen LogP contribution in [-0.4, -0.2) is 17.1 Å². The first-order valence-electron chi connectivity index (χ1n) is 4.86. The fourth-order valence-corrected chi connectivity index (χ4v) is 1.54. The molecule has 0 unspecified atom stereocenters. The lowest BCUT2D eigenvalue weighted by Gasteiger charge is -2.04. The van der Waals surface area contributed by atoms with Crippen molar-refractivity contribution in [1.29, 1.82) is 5.26 Å². The van der Waals surface area contributed by atoms with Gasteiger partial charge in [0, 0.05) is 0 Å². The Balaban J connectivity index is 2.55. The van der Waals surface area contributed by atoms with E-state index in [2.05, 4.69) is 9.97 Å². The summed E-state index contributed by atoms with van der Waals surface area (Å²) in [5, 5.41) is 8.84. The number of nitrogens with zero attached hydrogens (tertiary/aromatic N) is 2. The summed E-state index contributed by atoms with van der Waals surface area (Å²) in [6, 6.07) is 9.60. The number of benzene rings is 1. The number of para-hydroxylation sites is 1. The molecular formula is C12H11N3O. The number of aromatic nitrogens is 2. The maximum Gasteiger partial charge on any atom is 0.161 e. The Morgan fingerprint density at radius 2 is 2.12 bits per heavy atom. The van der Waals surface area contributed by atoms with Gasteiger partial charge in [-0.3, -0.25) is 0 Å². The standard InChI is InChI=1S/C12H11N3O/c1-8-10(7-13)15-12(14-8)9-5-3-4-6-11(9)16-2/h3-6H,1-2H3,(H,14,15). The maximum atomic E-state index is 8.84. The van der Waals surface area contributed by atoms with E-state index in [1.165, 1.54) is 0 Å². The van der Waals surface area contributed by atoms with Crippen LogP contribution in [0.2, 0.25) is 0 Å². The Morgan fingerprint density at radius 1 is 1.38 bits per heavy atom. The molecule has 1 heterocycles. The molecule has 4 heteroatoms. The van der Waals surface area contributed by atoms with Crippen LogP contribution in [0.25, 0.3) is 11.4 Å². The van der Waals surface area contributed by atoms with E-state index in [4.69, 9.17) is 10.00 Å². The number of methoxy groups -OCH3 is 1. The molecule has 0 atom stereocenters. The monoisotopic (exact) mass is 213 g/mol. The summed E-state index contributed by atoms with van der Waals surface area (Å²) in [5.41, 5.74) is 2.04. The van der Waals surface area contributed by atoms with Crippen molar-refractivity contribution in [2.24, 2.45) is 0 Å². The van der Waals surface area contributed by atoms with Crippen molar-refractivity contribution in [3.05, 3.63) is 35.7 Å². The third-order valence-corrected chi connectivity index (χ3v) is 2.35. The molecule has 16 heavy (non-hydrogen) atoms. The highest BCUT2D eigenvalue weighted by Gasteiger charge is 2.11. The maximum absolute atomic E-state index is 8.84. The number of hydrogen-bond acceptors (Lipinski definition) is 3. The van der Waals surface area contributed by atoms with Gasteiger partial charge in [0.2, 0.25) is 0 Å². The summed E-state index contributed by atoms with van der Waals surface area (Å²) in [7, 11) is 1.61. The Morgan fingerprint density at radius 3 is 2.75 bits per heavy atom. The van der Waals surface area contributed by atoms with E-state index in [0.717, 1.165) is 17.0 Å². The fraction of sp³-hybridized carbons (Fsp3) is 0.167. The van der Waals surface area contributed by atoms with Crippen LogP contribution in [-0.2, 0) is 0 Å². The molecule has 1 aromatic heterocycles. The van der Waals surface area contributed by atoms with E-state index in [1.807, 2.05) is 37.3 Å². The van der Waals surface area contributed by atoms with Gasteiger partial charge in [-0.15, -0.1) is 0 Å². The van der Waals surface area contributed by atoms with Crippen molar-refractivity contribution in [2.75, 3.05) is 7.11 Å². The van der Waals surface area contributed by atoms with Gasteiger partial charge in [-0.1, -0.05) is 12.1 Å². The molecular weight excluding hydrogens is 202 g/mol. The lowest BCUT2D eigenvalue weighted by atomic mass is 10.2. The zero-order chi connectivity index (χ0) is 11.5. The molecule has 0 aliphatic carbocycles. The summed E-state index contributed by atoms with van der Waals surface area (Å²) >= 11 is 0. The van der Waals surface area contributed by atoms with Gasteiger partial charge in [-0.05, 0) is 19.1 Å². The zero-order valence-corrected chi connectivity index (χ0v) is 9.11. The number of nitriles is 1. The van der Waals surface area contributed by atoms with E-state index in [0.29, 0.717) is 11.5 Å². The van der Waals surface area contributed by atoms with E-state index in [1.54, 1.807) is 7.11 Å². The highest BCUT2D eigenvalue weighted by atomic mass is 16.5. The van der Waals surface area contributed by atoms with Gasteiger partial charge in [-0.2, -0.15) is 5.26 Å². The topological polar surface area (TPSA) is 61.7 Å². The van der Waals surface area contributed by atoms with Crippen molar-refractivity contribution in [3.63, 3.8) is 0 Å². The van der Waals surface area contributed by atoms with Crippen LogP contribution in [0, 0.1) is 18.3 Å². The molecule has 0 saturated heterocycles. The van der Waals surface area contributed by atoms with Gasteiger partial charge in [0.1, 0.15) is 17.6 Å². The van der Waals surface area contributed by atoms with Crippen LogP contribution in [0.3, 0.4) is 0 Å². The summed E-state index contributed by atoms with van der Waals surface area (Å²) < 4.78 is 5.24. The molecule has 0 radical (unpaired) electrons. The minimum Gasteiger partial charge on any atom is -0.496 e. The minimum absolute atomic E-state index is 0.418. The Kier molecular flexibility index (Phi) is 2.61. The molecule has 2 aromatic rings. The summed E-state index contributed by atoms with van der Waals surface area (Å²) in [5.74, 6) is 1.40. The quantitative estimate of drug-likeness (QED) is 0.832. The van der Waals surface area contributed by atoms with E-state index < -0.39 is 0 Å². The van der Waals surface area contributed by atoms with Crippen molar-refractivity contribution < 1.29 is 4.74 Å². The molecule has 0 bridgehead atoms. The molecule has 80 valence electrons. The number of ether oxygens (including phenoxy) is 1. The number of H-pyrrole nitrogens is 1. The van der Waals surface area contributed by atoms with Crippen LogP contribution < -0.4 is 4.74 Å². The van der Waals surface area contributed by atoms with Crippen molar-refractivity contribution >= 4 is 0 Å². The van der Waals surface area contributed by atoms with Crippen LogP contribution in [0.4, 0.5) is 0 Å². The molecule has 0 spiro atoms. The third kappa shape index (κ3) is 1.63. The molecule has 0 saturated carbocycles. The number of nitrogens with one attached hydrogen (secondary N) is 1. The predicted octanol–water partition coefficient (Wildman–Crippen LogP) is 2.27. The molecule has 0 aliphatic rings. The predicted molar refractivity (Wildman–Crippen MR) is 60.0 cm³/mol. The second-order valence-electron chi connectivity index (χ2n) is 3.37. The lowest BCUT2D eigenvalue weighted by molar-refractivity contribution is 0.416. The molecule has 2 rings (SSSR count). The van der Waals surface area contributed by atoms with Gasteiger partial charge in [-0.25, -0.2) is 4.98 Å². The molecule has 0 fully saturated rings. The van der Waals surface area contributed by atoms with Crippen molar-refractivity contribution in [1.82, 2.24) is 9.97 Å². The van der Waals surface area contributed by atoms with Crippen LogP contribution in [0.1, 0.15) is 11.4 Å². The average molecular weight is 213 g/mol. The van der Waals surface area contributed by atoms with Crippen LogP contribution in [0.5, 0.6) is 5.75 Å². The lowest BCUT2D eigenvalue weighted by Crippen LogP contribution is -1.88. The Bertz CT molecular complexity index is 552. The second kappa shape index (κ2) is 4.07. The highest BCUT2D eigenvalue weighted by Crippen LogP contribution is 2.27. The van der Waals surface area contributed by atoms with E-state index in [-0.39, 0.29) is 0 Å². The number of hydrogen-bond donors (Lipinski definition) is 1. The van der Waals surface area contributed by atoms with Gasteiger partial charge < -0.3 is 9.72 Å². The van der Waals surface area contributed by atoms with Crippen LogP contribution in [0.15, 0.2) is 24.3 Å². The molecule has 0 amide bonds. The van der Waals surface area contributed by atoms with Crippen molar-refractivity contribution in [3.8, 4) is 23.2 Å². The largest absolute Gasteiger partial charge is 0.496 e. The zero-order valence-electron chi connectivity index (χ0n) is 9.11. The van der Waals surface area contributed by atoms with Gasteiger partial charge in [0.15, 0.2) is 5.69 Å². The van der Waals surface area contributed by atoms with E-state index in [9.17, 15) is 0 Å². The van der Waals surface area contributed by atoms with Crippen LogP contribution >= 0.6 is 0 Å². The SMILES string of the molecule is COc1ccccc1-c1nc(C#N)c(C)[nH]1.